The molecule has 0 unspecified atom stereocenters. The number of rotatable bonds is 5. The van der Waals surface area contributed by atoms with Gasteiger partial charge in [-0.1, -0.05) is 19.3 Å². The van der Waals surface area contributed by atoms with E-state index in [-0.39, 0.29) is 22.4 Å². The Morgan fingerprint density at radius 3 is 2.64 bits per heavy atom. The van der Waals surface area contributed by atoms with Crippen molar-refractivity contribution in [3.63, 3.8) is 0 Å². The molecular formula is C24H32BrN5O2S. The first kappa shape index (κ1) is 23.2. The van der Waals surface area contributed by atoms with Crippen molar-refractivity contribution in [2.24, 2.45) is 17.6 Å². The zero-order valence-corrected chi connectivity index (χ0v) is 21.4. The van der Waals surface area contributed by atoms with Gasteiger partial charge in [-0.05, 0) is 84.1 Å². The summed E-state index contributed by atoms with van der Waals surface area (Å²) in [6.07, 6.45) is 9.20. The van der Waals surface area contributed by atoms with Gasteiger partial charge < -0.3 is 10.6 Å². The van der Waals surface area contributed by atoms with Gasteiger partial charge in [-0.2, -0.15) is 0 Å². The third-order valence-corrected chi connectivity index (χ3v) is 10.5. The zero-order chi connectivity index (χ0) is 23.2. The van der Waals surface area contributed by atoms with Crippen LogP contribution < -0.4 is 10.6 Å². The van der Waals surface area contributed by atoms with Gasteiger partial charge >= 0.3 is 0 Å². The summed E-state index contributed by atoms with van der Waals surface area (Å²) in [7, 11) is -3.42. The van der Waals surface area contributed by atoms with E-state index in [2.05, 4.69) is 49.0 Å². The molecule has 0 bridgehead atoms. The number of halogens is 1. The van der Waals surface area contributed by atoms with Crippen LogP contribution in [0.25, 0.3) is 0 Å². The summed E-state index contributed by atoms with van der Waals surface area (Å²) in [5.74, 6) is 1.76. The van der Waals surface area contributed by atoms with Crippen LogP contribution in [0.5, 0.6) is 0 Å². The van der Waals surface area contributed by atoms with Crippen LogP contribution in [0.2, 0.25) is 0 Å². The molecule has 0 radical (unpaired) electrons. The molecule has 3 aliphatic rings. The molecule has 5 rings (SSSR count). The lowest BCUT2D eigenvalue weighted by molar-refractivity contribution is 0.414. The third kappa shape index (κ3) is 4.56. The highest BCUT2D eigenvalue weighted by atomic mass is 79.9. The van der Waals surface area contributed by atoms with Crippen LogP contribution in [0.15, 0.2) is 33.9 Å². The van der Waals surface area contributed by atoms with E-state index in [4.69, 9.17) is 5.73 Å². The maximum Gasteiger partial charge on any atom is 0.200 e. The van der Waals surface area contributed by atoms with Crippen molar-refractivity contribution in [3.05, 3.63) is 40.1 Å². The highest BCUT2D eigenvalue weighted by Gasteiger charge is 2.47. The summed E-state index contributed by atoms with van der Waals surface area (Å²) in [4.78, 5) is 6.99. The van der Waals surface area contributed by atoms with Crippen molar-refractivity contribution in [3.8, 4) is 0 Å². The monoisotopic (exact) mass is 533 g/mol. The Morgan fingerprint density at radius 1 is 1.15 bits per heavy atom. The molecule has 2 aliphatic carbocycles. The Hall–Kier alpha value is -1.58. The molecule has 4 atom stereocenters. The SMILES string of the molecule is Cc1cc(Br)cnc1C[C@H]1[C@H]2C[C@@H](N)C[C@@H]2CN1c1ccc(S(=O)(=O)C2CCCCC2)nn1. The molecule has 2 N–H and O–H groups in total. The fourth-order valence-corrected chi connectivity index (χ4v) is 8.33. The fraction of sp³-hybridized carbons (Fsp3) is 0.625. The lowest BCUT2D eigenvalue weighted by Gasteiger charge is -2.29. The van der Waals surface area contributed by atoms with Gasteiger partial charge in [0.1, 0.15) is 0 Å². The van der Waals surface area contributed by atoms with Crippen LogP contribution in [0, 0.1) is 18.8 Å². The van der Waals surface area contributed by atoms with Crippen molar-refractivity contribution < 1.29 is 8.42 Å². The molecule has 0 amide bonds. The number of aromatic nitrogens is 3. The van der Waals surface area contributed by atoms with Crippen LogP contribution in [-0.2, 0) is 16.3 Å². The van der Waals surface area contributed by atoms with Gasteiger partial charge in [0.15, 0.2) is 20.7 Å². The van der Waals surface area contributed by atoms with Gasteiger partial charge in [-0.25, -0.2) is 8.42 Å². The molecule has 2 aromatic heterocycles. The van der Waals surface area contributed by atoms with Crippen LogP contribution in [0.4, 0.5) is 5.82 Å². The van der Waals surface area contributed by atoms with Crippen molar-refractivity contribution in [1.82, 2.24) is 15.2 Å². The highest BCUT2D eigenvalue weighted by Crippen LogP contribution is 2.44. The molecule has 0 aromatic carbocycles. The molecule has 1 aliphatic heterocycles. The maximum absolute atomic E-state index is 13.0. The van der Waals surface area contributed by atoms with E-state index in [1.165, 1.54) is 0 Å². The zero-order valence-electron chi connectivity index (χ0n) is 19.0. The van der Waals surface area contributed by atoms with Crippen molar-refractivity contribution >= 4 is 31.6 Å². The Kier molecular flexibility index (Phi) is 6.48. The second-order valence-corrected chi connectivity index (χ2v) is 13.1. The molecule has 7 nitrogen and oxygen atoms in total. The molecule has 0 spiro atoms. The minimum Gasteiger partial charge on any atom is -0.351 e. The lowest BCUT2D eigenvalue weighted by Crippen LogP contribution is -2.37. The first-order valence-electron chi connectivity index (χ1n) is 12.0. The number of pyridine rings is 1. The molecule has 178 valence electrons. The standard InChI is InChI=1S/C24H32BrN5O2S/c1-15-9-17(25)13-27-21(15)12-22-20-11-18(26)10-16(20)14-30(22)23-7-8-24(29-28-23)33(31,32)19-5-3-2-4-6-19/h7-9,13,16,18-20,22H,2-6,10-12,14,26H2,1H3/t16-,18+,20+,22+/m1/s1. The summed E-state index contributed by atoms with van der Waals surface area (Å²) >= 11 is 3.51. The highest BCUT2D eigenvalue weighted by molar-refractivity contribution is 9.10. The number of sulfone groups is 1. The van der Waals surface area contributed by atoms with Crippen LogP contribution >= 0.6 is 15.9 Å². The van der Waals surface area contributed by atoms with E-state index < -0.39 is 9.84 Å². The molecule has 9 heteroatoms. The summed E-state index contributed by atoms with van der Waals surface area (Å²) in [6.45, 7) is 2.97. The number of aryl methyl sites for hydroxylation is 1. The molecule has 2 aromatic rings. The quantitative estimate of drug-likeness (QED) is 0.622. The maximum atomic E-state index is 13.0. The molecular weight excluding hydrogens is 502 g/mol. The predicted molar refractivity (Wildman–Crippen MR) is 132 cm³/mol. The van der Waals surface area contributed by atoms with E-state index in [1.54, 1.807) is 6.07 Å². The lowest BCUT2D eigenvalue weighted by atomic mass is 9.90. The number of hydrogen-bond donors (Lipinski definition) is 1. The van der Waals surface area contributed by atoms with Gasteiger partial charge in [0.25, 0.3) is 0 Å². The Morgan fingerprint density at radius 2 is 1.94 bits per heavy atom. The van der Waals surface area contributed by atoms with Gasteiger partial charge in [0.2, 0.25) is 0 Å². The summed E-state index contributed by atoms with van der Waals surface area (Å²) in [5, 5.41) is 8.45. The Bertz CT molecular complexity index is 1100. The average Bonchev–Trinajstić information content (AvgIpc) is 3.33. The number of hydrogen-bond acceptors (Lipinski definition) is 7. The van der Waals surface area contributed by atoms with Gasteiger partial charge in [0.05, 0.1) is 5.25 Å². The van der Waals surface area contributed by atoms with Gasteiger partial charge in [0, 0.05) is 41.4 Å². The van der Waals surface area contributed by atoms with Crippen molar-refractivity contribution in [2.45, 2.75) is 80.6 Å². The molecule has 3 fully saturated rings. The Balaban J connectivity index is 1.40. The second-order valence-electron chi connectivity index (χ2n) is 10.0. The summed E-state index contributed by atoms with van der Waals surface area (Å²) < 4.78 is 27.1. The van der Waals surface area contributed by atoms with Crippen molar-refractivity contribution in [2.75, 3.05) is 11.4 Å². The topological polar surface area (TPSA) is 102 Å². The molecule has 3 heterocycles. The van der Waals surface area contributed by atoms with Crippen LogP contribution in [-0.4, -0.2) is 47.5 Å². The largest absolute Gasteiger partial charge is 0.351 e. The van der Waals surface area contributed by atoms with E-state index in [0.29, 0.717) is 11.8 Å². The number of nitrogens with two attached hydrogens (primary N) is 1. The Labute approximate surface area is 204 Å². The molecule has 1 saturated heterocycles. The third-order valence-electron chi connectivity index (χ3n) is 7.87. The number of nitrogens with zero attached hydrogens (tertiary/aromatic N) is 4. The first-order valence-corrected chi connectivity index (χ1v) is 14.4. The van der Waals surface area contributed by atoms with Gasteiger partial charge in [-0.3, -0.25) is 4.98 Å². The summed E-state index contributed by atoms with van der Waals surface area (Å²) in [6, 6.07) is 6.08. The van der Waals surface area contributed by atoms with E-state index in [1.807, 2.05) is 12.3 Å². The average molecular weight is 535 g/mol. The van der Waals surface area contributed by atoms with E-state index in [0.717, 1.165) is 79.5 Å². The molecule has 2 saturated carbocycles. The minimum absolute atomic E-state index is 0.113. The van der Waals surface area contributed by atoms with E-state index >= 15 is 0 Å². The second kappa shape index (κ2) is 9.23. The summed E-state index contributed by atoms with van der Waals surface area (Å²) in [5.41, 5.74) is 8.56. The first-order chi connectivity index (χ1) is 15.8. The molecule has 33 heavy (non-hydrogen) atoms. The van der Waals surface area contributed by atoms with Gasteiger partial charge in [-0.15, -0.1) is 10.2 Å². The van der Waals surface area contributed by atoms with Crippen LogP contribution in [0.1, 0.15) is 56.2 Å². The smallest absolute Gasteiger partial charge is 0.200 e. The fourth-order valence-electron chi connectivity index (χ4n) is 6.17. The minimum atomic E-state index is -3.42. The normalized spacial score (nSPS) is 28.3. The predicted octanol–water partition coefficient (Wildman–Crippen LogP) is 3.83. The number of anilines is 1. The van der Waals surface area contributed by atoms with E-state index in [9.17, 15) is 8.42 Å². The number of fused-ring (bicyclic) bond motifs is 1. The van der Waals surface area contributed by atoms with Crippen molar-refractivity contribution in [1.29, 1.82) is 0 Å². The van der Waals surface area contributed by atoms with Crippen LogP contribution in [0.3, 0.4) is 0 Å².